The van der Waals surface area contributed by atoms with Gasteiger partial charge in [0.05, 0.1) is 12.7 Å². The van der Waals surface area contributed by atoms with Crippen LogP contribution in [0.4, 0.5) is 0 Å². The first-order valence-corrected chi connectivity index (χ1v) is 6.76. The topological polar surface area (TPSA) is 84.3 Å². The summed E-state index contributed by atoms with van der Waals surface area (Å²) >= 11 is 0. The standard InChI is InChI=1S/C15H16N2O4/c1-9-7-17(15(20)16-13(9)19)14-12-5-3-2-4-10(12)6-11(8-18)21-14/h2-5,7,11,14,18H,6,8H2,1H3,(H,16,19,20)/t11-,14-/m1/s1. The zero-order chi connectivity index (χ0) is 15.0. The Kier molecular flexibility index (Phi) is 3.48. The lowest BCUT2D eigenvalue weighted by Crippen LogP contribution is -2.39. The van der Waals surface area contributed by atoms with E-state index < -0.39 is 17.5 Å². The summed E-state index contributed by atoms with van der Waals surface area (Å²) in [6.45, 7) is 1.51. The molecule has 0 amide bonds. The minimum Gasteiger partial charge on any atom is -0.394 e. The minimum atomic E-state index is -0.643. The molecule has 6 heteroatoms. The molecule has 1 aromatic carbocycles. The second kappa shape index (κ2) is 5.31. The van der Waals surface area contributed by atoms with Crippen LogP contribution in [0, 0.1) is 6.92 Å². The van der Waals surface area contributed by atoms with E-state index in [1.165, 1.54) is 10.8 Å². The summed E-state index contributed by atoms with van der Waals surface area (Å²) in [4.78, 5) is 25.8. The van der Waals surface area contributed by atoms with Gasteiger partial charge in [-0.2, -0.15) is 0 Å². The summed E-state index contributed by atoms with van der Waals surface area (Å²) in [5.74, 6) is 0. The van der Waals surface area contributed by atoms with E-state index >= 15 is 0 Å². The largest absolute Gasteiger partial charge is 0.394 e. The van der Waals surface area contributed by atoms with Gasteiger partial charge in [-0.25, -0.2) is 4.79 Å². The number of hydrogen-bond donors (Lipinski definition) is 2. The Balaban J connectivity index is 2.16. The molecule has 110 valence electrons. The summed E-state index contributed by atoms with van der Waals surface area (Å²) in [6.07, 6.45) is 1.07. The van der Waals surface area contributed by atoms with Crippen LogP contribution in [0.3, 0.4) is 0 Å². The summed E-state index contributed by atoms with van der Waals surface area (Å²) in [5.41, 5.74) is 1.41. The van der Waals surface area contributed by atoms with Crippen molar-refractivity contribution in [3.8, 4) is 0 Å². The lowest BCUT2D eigenvalue weighted by atomic mass is 9.97. The van der Waals surface area contributed by atoms with Crippen LogP contribution in [0.1, 0.15) is 22.9 Å². The third-order valence-electron chi connectivity index (χ3n) is 3.69. The summed E-state index contributed by atoms with van der Waals surface area (Å²) in [7, 11) is 0. The number of aliphatic hydroxyl groups is 1. The predicted molar refractivity (Wildman–Crippen MR) is 76.3 cm³/mol. The predicted octanol–water partition coefficient (Wildman–Crippen LogP) is 0.326. The van der Waals surface area contributed by atoms with Gasteiger partial charge >= 0.3 is 5.69 Å². The molecule has 0 aliphatic carbocycles. The maximum absolute atomic E-state index is 12.1. The molecule has 21 heavy (non-hydrogen) atoms. The molecular formula is C15H16N2O4. The van der Waals surface area contributed by atoms with Crippen LogP contribution >= 0.6 is 0 Å². The van der Waals surface area contributed by atoms with Crippen molar-refractivity contribution >= 4 is 0 Å². The number of H-pyrrole nitrogens is 1. The summed E-state index contributed by atoms with van der Waals surface area (Å²) in [6, 6.07) is 7.63. The van der Waals surface area contributed by atoms with Gasteiger partial charge in [0, 0.05) is 23.7 Å². The maximum Gasteiger partial charge on any atom is 0.330 e. The zero-order valence-electron chi connectivity index (χ0n) is 11.6. The Morgan fingerprint density at radius 3 is 2.90 bits per heavy atom. The number of aromatic nitrogens is 2. The van der Waals surface area contributed by atoms with Gasteiger partial charge in [-0.3, -0.25) is 14.3 Å². The Bertz CT molecular complexity index is 778. The fourth-order valence-electron chi connectivity index (χ4n) is 2.59. The summed E-state index contributed by atoms with van der Waals surface area (Å²) in [5, 5.41) is 9.38. The Morgan fingerprint density at radius 1 is 1.38 bits per heavy atom. The van der Waals surface area contributed by atoms with Gasteiger partial charge < -0.3 is 9.84 Å². The molecule has 2 aromatic rings. The SMILES string of the molecule is Cc1cn([C@@H]2O[C@@H](CO)Cc3ccccc32)c(=O)[nH]c1=O. The van der Waals surface area contributed by atoms with Crippen molar-refractivity contribution in [3.05, 3.63) is 68.0 Å². The second-order valence-electron chi connectivity index (χ2n) is 5.17. The van der Waals surface area contributed by atoms with Crippen molar-refractivity contribution in [2.24, 2.45) is 0 Å². The second-order valence-corrected chi connectivity index (χ2v) is 5.17. The molecule has 1 aromatic heterocycles. The van der Waals surface area contributed by atoms with Crippen LogP contribution in [0.15, 0.2) is 40.1 Å². The van der Waals surface area contributed by atoms with Gasteiger partial charge in [0.25, 0.3) is 5.56 Å². The highest BCUT2D eigenvalue weighted by molar-refractivity contribution is 5.32. The molecule has 2 atom stereocenters. The van der Waals surface area contributed by atoms with Crippen LogP contribution in [0.2, 0.25) is 0 Å². The third kappa shape index (κ3) is 2.43. The van der Waals surface area contributed by atoms with Gasteiger partial charge in [-0.05, 0) is 12.5 Å². The minimum absolute atomic E-state index is 0.123. The molecule has 0 saturated carbocycles. The van der Waals surface area contributed by atoms with Crippen LogP contribution in [-0.2, 0) is 11.2 Å². The van der Waals surface area contributed by atoms with Crippen molar-refractivity contribution in [2.75, 3.05) is 6.61 Å². The quantitative estimate of drug-likeness (QED) is 0.834. The lowest BCUT2D eigenvalue weighted by Gasteiger charge is -2.32. The molecule has 2 N–H and O–H groups in total. The number of ether oxygens (including phenoxy) is 1. The first kappa shape index (κ1) is 13.8. The number of aliphatic hydroxyl groups excluding tert-OH is 1. The number of nitrogens with one attached hydrogen (secondary N) is 1. The van der Waals surface area contributed by atoms with E-state index in [-0.39, 0.29) is 12.7 Å². The molecule has 2 heterocycles. The molecular weight excluding hydrogens is 272 g/mol. The molecule has 0 saturated heterocycles. The van der Waals surface area contributed by atoms with Crippen molar-refractivity contribution in [3.63, 3.8) is 0 Å². The van der Waals surface area contributed by atoms with Gasteiger partial charge in [-0.15, -0.1) is 0 Å². The molecule has 0 radical (unpaired) electrons. The molecule has 0 spiro atoms. The number of fused-ring (bicyclic) bond motifs is 1. The fraction of sp³-hybridized carbons (Fsp3) is 0.333. The molecule has 1 aliphatic heterocycles. The highest BCUT2D eigenvalue weighted by atomic mass is 16.5. The van der Waals surface area contributed by atoms with E-state index in [4.69, 9.17) is 4.74 Å². The van der Waals surface area contributed by atoms with E-state index in [2.05, 4.69) is 4.98 Å². The van der Waals surface area contributed by atoms with Crippen molar-refractivity contribution in [1.82, 2.24) is 9.55 Å². The number of benzene rings is 1. The van der Waals surface area contributed by atoms with E-state index in [9.17, 15) is 14.7 Å². The number of aromatic amines is 1. The Hall–Kier alpha value is -2.18. The van der Waals surface area contributed by atoms with Gasteiger partial charge in [0.15, 0.2) is 6.23 Å². The van der Waals surface area contributed by atoms with Crippen molar-refractivity contribution in [2.45, 2.75) is 25.7 Å². The van der Waals surface area contributed by atoms with Crippen LogP contribution in [0.5, 0.6) is 0 Å². The number of nitrogens with zero attached hydrogens (tertiary/aromatic N) is 1. The van der Waals surface area contributed by atoms with Gasteiger partial charge in [-0.1, -0.05) is 24.3 Å². The van der Waals surface area contributed by atoms with Crippen LogP contribution < -0.4 is 11.2 Å². The molecule has 1 aliphatic rings. The zero-order valence-corrected chi connectivity index (χ0v) is 11.6. The average Bonchev–Trinajstić information content (AvgIpc) is 2.50. The third-order valence-corrected chi connectivity index (χ3v) is 3.69. The van der Waals surface area contributed by atoms with E-state index in [1.807, 2.05) is 24.3 Å². The number of rotatable bonds is 2. The van der Waals surface area contributed by atoms with E-state index in [0.717, 1.165) is 11.1 Å². The molecule has 0 unspecified atom stereocenters. The smallest absolute Gasteiger partial charge is 0.330 e. The lowest BCUT2D eigenvalue weighted by molar-refractivity contribution is -0.0660. The molecule has 6 nitrogen and oxygen atoms in total. The van der Waals surface area contributed by atoms with Gasteiger partial charge in [0.2, 0.25) is 0 Å². The van der Waals surface area contributed by atoms with E-state index in [1.54, 1.807) is 6.92 Å². The normalized spacial score (nSPS) is 21.0. The van der Waals surface area contributed by atoms with E-state index in [0.29, 0.717) is 12.0 Å². The van der Waals surface area contributed by atoms with Gasteiger partial charge in [0.1, 0.15) is 0 Å². The number of hydrogen-bond acceptors (Lipinski definition) is 4. The Labute approximate surface area is 120 Å². The Morgan fingerprint density at radius 2 is 2.14 bits per heavy atom. The molecule has 0 fully saturated rings. The first-order chi connectivity index (χ1) is 10.1. The highest BCUT2D eigenvalue weighted by Crippen LogP contribution is 2.30. The van der Waals surface area contributed by atoms with Crippen LogP contribution in [-0.4, -0.2) is 27.4 Å². The summed E-state index contributed by atoms with van der Waals surface area (Å²) < 4.78 is 7.17. The highest BCUT2D eigenvalue weighted by Gasteiger charge is 2.29. The maximum atomic E-state index is 12.1. The number of aryl methyl sites for hydroxylation is 1. The van der Waals surface area contributed by atoms with Crippen LogP contribution in [0.25, 0.3) is 0 Å². The molecule has 0 bridgehead atoms. The average molecular weight is 288 g/mol. The fourth-order valence-corrected chi connectivity index (χ4v) is 2.59. The first-order valence-electron chi connectivity index (χ1n) is 6.76. The van der Waals surface area contributed by atoms with Crippen molar-refractivity contribution < 1.29 is 9.84 Å². The molecule has 3 rings (SSSR count). The van der Waals surface area contributed by atoms with Crippen molar-refractivity contribution in [1.29, 1.82) is 0 Å². The monoisotopic (exact) mass is 288 g/mol.